The zero-order valence-corrected chi connectivity index (χ0v) is 60.3. The number of amides is 6. The van der Waals surface area contributed by atoms with Crippen LogP contribution in [0.1, 0.15) is 95.3 Å². The first kappa shape index (κ1) is 74.2. The highest BCUT2D eigenvalue weighted by atomic mass is 35.5. The SMILES string of the molecule is Nc1nn2cc(F)cnc2c1C(=O)Nc1cncc(Cl)c1N1CCC(C(=O)N2CCN3CCC2C3)CC1.Nc1nn2cc(F)cnc2c1C(=O)Nc1cncc(F)c1N1CCC(C(=O)N2CC(F)C2)CC1.Nc1nn2cc(F)cnc2c1C(=O)Nc1cncc(F)c1N1CCC(C(=O)N2CCC(N3CCC3)CC2)CC1. The molecule has 0 spiro atoms. The fraction of sp³-hybridized carbons (Fsp3) is 0.451. The van der Waals surface area contributed by atoms with E-state index in [0.717, 1.165) is 122 Å². The molecule has 2 bridgehead atoms. The van der Waals surface area contributed by atoms with Gasteiger partial charge in [-0.25, -0.2) is 54.8 Å². The number of halogens is 7. The van der Waals surface area contributed by atoms with Crippen LogP contribution in [0.4, 0.5) is 77.9 Å². The third kappa shape index (κ3) is 15.2. The van der Waals surface area contributed by atoms with Crippen LogP contribution in [0.5, 0.6) is 0 Å². The van der Waals surface area contributed by atoms with Crippen molar-refractivity contribution in [1.82, 2.24) is 83.2 Å². The van der Waals surface area contributed by atoms with Crippen LogP contribution in [0.25, 0.3) is 16.9 Å². The summed E-state index contributed by atoms with van der Waals surface area (Å²) in [7, 11) is 0. The summed E-state index contributed by atoms with van der Waals surface area (Å²) in [5.41, 5.74) is 19.5. The Balaban J connectivity index is 0.000000131. The standard InChI is InChI=1S/C26H31F2N9O2.C24H27ClFN9O2.C21H21F3N8O2/c27-17-12-31-24-21(23(29)33-37(24)15-17)25(38)32-20-14-30-13-19(28)22(20)35-8-2-16(3-9-35)26(39)36-10-4-18(5-11-36)34-6-1-7-34;25-17-10-28-11-18(30-23(36)19-21(27)31-35-12-15(26)9-29-22(19)35)20(17)33-5-1-14(2-6-33)24(37)34-8-7-32-4-3-16(34)13-32;22-12-5-27-19-16(18(25)29-32(19)10-12)20(33)28-15-7-26-6-14(24)17(15)30-3-1-11(2-4-30)21(34)31-8-13(23)9-31/h12-16,18H,1-11H2,(H2,29,33)(H,32,38);9-12,14,16H,1-8,13H2,(H2,27,31)(H,30,36);5-7,10-11,13H,1-4,8-9H2,(H2,25,29)(H,28,33). The molecule has 8 aliphatic rings. The number of alkyl halides is 1. The van der Waals surface area contributed by atoms with Crippen LogP contribution in [-0.2, 0) is 14.4 Å². The number of nitrogens with zero attached hydrogens (tertiary/aromatic N) is 20. The second-order valence-corrected chi connectivity index (χ2v) is 29.1. The van der Waals surface area contributed by atoms with E-state index in [1.54, 1.807) is 4.90 Å². The molecular formula is C71H79ClF6N26O6. The summed E-state index contributed by atoms with van der Waals surface area (Å²) in [5.74, 6) is -5.42. The number of hydrogen-bond donors (Lipinski definition) is 6. The van der Waals surface area contributed by atoms with Gasteiger partial charge in [-0.15, -0.1) is 15.3 Å². The van der Waals surface area contributed by atoms with E-state index in [9.17, 15) is 50.7 Å². The second-order valence-electron chi connectivity index (χ2n) is 28.7. The minimum atomic E-state index is -0.961. The Morgan fingerprint density at radius 3 is 1.23 bits per heavy atom. The molecule has 0 aliphatic carbocycles. The van der Waals surface area contributed by atoms with Gasteiger partial charge in [0.15, 0.2) is 63.5 Å². The van der Waals surface area contributed by atoms with Gasteiger partial charge >= 0.3 is 0 Å². The van der Waals surface area contributed by atoms with Crippen molar-refractivity contribution in [3.05, 3.63) is 125 Å². The number of rotatable bonds is 13. The molecule has 578 valence electrons. The summed E-state index contributed by atoms with van der Waals surface area (Å²) >= 11 is 6.55. The van der Waals surface area contributed by atoms with Crippen LogP contribution in [0.15, 0.2) is 74.4 Å². The molecule has 6 amide bonds. The van der Waals surface area contributed by atoms with Crippen LogP contribution in [-0.4, -0.2) is 242 Å². The van der Waals surface area contributed by atoms with Crippen LogP contribution < -0.4 is 47.9 Å². The summed E-state index contributed by atoms with van der Waals surface area (Å²) in [6.07, 6.45) is 20.9. The van der Waals surface area contributed by atoms with Gasteiger partial charge in [-0.2, -0.15) is 0 Å². The number of carbonyl (C=O) groups is 6. The lowest BCUT2D eigenvalue weighted by molar-refractivity contribution is -0.143. The summed E-state index contributed by atoms with van der Waals surface area (Å²) in [5, 5.41) is 20.3. The lowest BCUT2D eigenvalue weighted by Gasteiger charge is -2.44. The van der Waals surface area contributed by atoms with E-state index in [0.29, 0.717) is 106 Å². The first-order valence-electron chi connectivity index (χ1n) is 36.6. The molecule has 2 unspecified atom stereocenters. The average Bonchev–Trinajstić information content (AvgIpc) is 1.78. The molecule has 9 N–H and O–H groups in total. The van der Waals surface area contributed by atoms with Gasteiger partial charge in [0.1, 0.15) is 34.2 Å². The van der Waals surface area contributed by atoms with Gasteiger partial charge in [-0.1, -0.05) is 11.6 Å². The van der Waals surface area contributed by atoms with Gasteiger partial charge in [-0.05, 0) is 77.3 Å². The number of nitrogen functional groups attached to an aromatic ring is 3. The summed E-state index contributed by atoms with van der Waals surface area (Å²) in [6.45, 7) is 10.9. The van der Waals surface area contributed by atoms with Crippen molar-refractivity contribution in [1.29, 1.82) is 0 Å². The third-order valence-electron chi connectivity index (χ3n) is 21.9. The molecule has 8 fully saturated rings. The Hall–Kier alpha value is -11.3. The van der Waals surface area contributed by atoms with Gasteiger partial charge in [0, 0.05) is 115 Å². The molecule has 39 heteroatoms. The number of fused-ring (bicyclic) bond motifs is 5. The number of likely N-dealkylation sites (tertiary alicyclic amines) is 3. The van der Waals surface area contributed by atoms with Crippen LogP contribution in [0.2, 0.25) is 5.02 Å². The Morgan fingerprint density at radius 1 is 0.418 bits per heavy atom. The van der Waals surface area contributed by atoms with Crippen molar-refractivity contribution in [2.75, 3.05) is 153 Å². The largest absolute Gasteiger partial charge is 0.381 e. The molecule has 9 aromatic heterocycles. The number of anilines is 9. The number of pyridine rings is 3. The maximum absolute atomic E-state index is 15.1. The second kappa shape index (κ2) is 31.4. The van der Waals surface area contributed by atoms with E-state index in [1.807, 2.05) is 9.80 Å². The summed E-state index contributed by atoms with van der Waals surface area (Å²) in [4.78, 5) is 118. The fourth-order valence-electron chi connectivity index (χ4n) is 16.1. The maximum atomic E-state index is 15.1. The minimum absolute atomic E-state index is 0.0212. The summed E-state index contributed by atoms with van der Waals surface area (Å²) in [6, 6.07) is 0.940. The van der Waals surface area contributed by atoms with Gasteiger partial charge < -0.3 is 67.5 Å². The van der Waals surface area contributed by atoms with Crippen molar-refractivity contribution in [3.63, 3.8) is 0 Å². The Morgan fingerprint density at radius 2 is 0.809 bits per heavy atom. The smallest absolute Gasteiger partial charge is 0.263 e. The maximum Gasteiger partial charge on any atom is 0.263 e. The molecule has 0 radical (unpaired) electrons. The Labute approximate surface area is 629 Å². The number of nitrogens with one attached hydrogen (secondary N) is 3. The lowest BCUT2D eigenvalue weighted by Crippen LogP contribution is -2.54. The van der Waals surface area contributed by atoms with Crippen LogP contribution in [0, 0.1) is 46.8 Å². The normalized spacial score (nSPS) is 19.6. The average molecular weight is 1540 g/mol. The first-order chi connectivity index (χ1) is 53.1. The van der Waals surface area contributed by atoms with Crippen molar-refractivity contribution >= 4 is 116 Å². The molecule has 8 aliphatic heterocycles. The van der Waals surface area contributed by atoms with Gasteiger partial charge in [0.05, 0.1) is 109 Å². The topological polar surface area (TPSA) is 372 Å². The number of aromatic nitrogens is 12. The van der Waals surface area contributed by atoms with E-state index in [1.165, 1.54) is 49.2 Å². The molecule has 0 saturated carbocycles. The third-order valence-corrected chi connectivity index (χ3v) is 22.2. The van der Waals surface area contributed by atoms with Gasteiger partial charge in [-0.3, -0.25) is 48.6 Å². The zero-order chi connectivity index (χ0) is 76.8. The predicted octanol–water partition coefficient (Wildman–Crippen LogP) is 5.67. The first-order valence-corrected chi connectivity index (χ1v) is 36.9. The molecule has 8 saturated heterocycles. The minimum Gasteiger partial charge on any atom is -0.381 e. The lowest BCUT2D eigenvalue weighted by atomic mass is 9.92. The van der Waals surface area contributed by atoms with Crippen LogP contribution >= 0.6 is 11.6 Å². The van der Waals surface area contributed by atoms with E-state index in [2.05, 4.69) is 80.7 Å². The van der Waals surface area contributed by atoms with E-state index in [4.69, 9.17) is 28.8 Å². The van der Waals surface area contributed by atoms with Crippen LogP contribution in [0.3, 0.4) is 0 Å². The number of piperazine rings is 1. The van der Waals surface area contributed by atoms with Crippen molar-refractivity contribution in [3.8, 4) is 0 Å². The zero-order valence-electron chi connectivity index (χ0n) is 59.5. The number of piperidine rings is 4. The molecule has 17 rings (SSSR count). The molecule has 17 heterocycles. The monoisotopic (exact) mass is 1540 g/mol. The van der Waals surface area contributed by atoms with Gasteiger partial charge in [0.25, 0.3) is 17.7 Å². The van der Waals surface area contributed by atoms with Gasteiger partial charge in [0.2, 0.25) is 17.7 Å². The molecule has 32 nitrogen and oxygen atoms in total. The van der Waals surface area contributed by atoms with E-state index in [-0.39, 0.29) is 122 Å². The van der Waals surface area contributed by atoms with Crippen molar-refractivity contribution < 1.29 is 55.1 Å². The summed E-state index contributed by atoms with van der Waals surface area (Å²) < 4.78 is 86.7. The molecular weight excluding hydrogens is 1460 g/mol. The van der Waals surface area contributed by atoms with E-state index >= 15 is 4.39 Å². The highest BCUT2D eigenvalue weighted by Crippen LogP contribution is 2.40. The quantitative estimate of drug-likeness (QED) is 0.0757. The predicted molar refractivity (Wildman–Crippen MR) is 392 cm³/mol. The fourth-order valence-corrected chi connectivity index (χ4v) is 16.4. The highest BCUT2D eigenvalue weighted by molar-refractivity contribution is 6.34. The number of hydrogen-bond acceptors (Lipinski definition) is 23. The highest BCUT2D eigenvalue weighted by Gasteiger charge is 2.41. The Kier molecular flexibility index (Phi) is 21.2. The van der Waals surface area contributed by atoms with Crippen molar-refractivity contribution in [2.24, 2.45) is 17.8 Å². The Bertz CT molecular complexity index is 5010. The molecule has 2 atom stereocenters. The molecule has 9 aromatic rings. The molecule has 0 aromatic carbocycles. The van der Waals surface area contributed by atoms with Crippen molar-refractivity contribution in [2.45, 2.75) is 82.5 Å². The number of nitrogens with two attached hydrogens (primary N) is 3. The van der Waals surface area contributed by atoms with E-state index < -0.39 is 53.0 Å². The number of carbonyl (C=O) groups excluding carboxylic acids is 6. The molecule has 110 heavy (non-hydrogen) atoms.